The molecule has 2 aliphatic carbocycles. The van der Waals surface area contributed by atoms with Crippen molar-refractivity contribution in [3.8, 4) is 0 Å². The van der Waals surface area contributed by atoms with Gasteiger partial charge in [0.05, 0.1) is 13.2 Å². The number of anilines is 1. The molecule has 0 saturated carbocycles. The average Bonchev–Trinajstić information content (AvgIpc) is 2.86. The van der Waals surface area contributed by atoms with Gasteiger partial charge < -0.3 is 10.1 Å². The minimum Gasteiger partial charge on any atom is -0.496 e. The number of hydrogen-bond acceptors (Lipinski definition) is 2. The molecule has 0 fully saturated rings. The maximum Gasteiger partial charge on any atom is 0.124 e. The van der Waals surface area contributed by atoms with Gasteiger partial charge in [-0.05, 0) is 29.8 Å². The second-order valence-electron chi connectivity index (χ2n) is 4.09. The van der Waals surface area contributed by atoms with Crippen molar-refractivity contribution in [1.29, 1.82) is 0 Å². The lowest BCUT2D eigenvalue weighted by Crippen LogP contribution is -2.17. The van der Waals surface area contributed by atoms with E-state index in [0.717, 1.165) is 16.5 Å². The largest absolute Gasteiger partial charge is 0.496 e. The van der Waals surface area contributed by atoms with E-state index < -0.39 is 0 Å². The summed E-state index contributed by atoms with van der Waals surface area (Å²) >= 11 is 5.97. The molecule has 2 aliphatic rings. The van der Waals surface area contributed by atoms with E-state index in [9.17, 15) is 0 Å². The van der Waals surface area contributed by atoms with Gasteiger partial charge in [-0.1, -0.05) is 29.8 Å². The summed E-state index contributed by atoms with van der Waals surface area (Å²) in [7, 11) is 1.70. The van der Waals surface area contributed by atoms with Crippen LogP contribution in [-0.4, -0.2) is 13.2 Å². The van der Waals surface area contributed by atoms with Crippen molar-refractivity contribution in [2.75, 3.05) is 12.4 Å². The first kappa shape index (κ1) is 10.5. The van der Waals surface area contributed by atoms with E-state index in [0.29, 0.717) is 0 Å². The van der Waals surface area contributed by atoms with Gasteiger partial charge in [-0.3, -0.25) is 0 Å². The number of nitrogens with one attached hydrogen (secondary N) is 1. The van der Waals surface area contributed by atoms with Crippen LogP contribution in [0.2, 0.25) is 5.02 Å². The number of halogens is 1. The SMILES string of the molecule is COC1=C2C=CC(=C1)C2Nc1cccc(Cl)c1. The van der Waals surface area contributed by atoms with Crippen molar-refractivity contribution in [2.24, 2.45) is 0 Å². The molecule has 0 saturated heterocycles. The summed E-state index contributed by atoms with van der Waals surface area (Å²) in [5, 5.41) is 4.19. The highest BCUT2D eigenvalue weighted by Crippen LogP contribution is 2.36. The van der Waals surface area contributed by atoms with E-state index in [-0.39, 0.29) is 6.04 Å². The van der Waals surface area contributed by atoms with Crippen LogP contribution in [0.3, 0.4) is 0 Å². The van der Waals surface area contributed by atoms with Crippen LogP contribution in [0.25, 0.3) is 0 Å². The van der Waals surface area contributed by atoms with Gasteiger partial charge in [0.2, 0.25) is 0 Å². The molecule has 0 aromatic heterocycles. The van der Waals surface area contributed by atoms with Crippen LogP contribution in [0, 0.1) is 0 Å². The van der Waals surface area contributed by atoms with Gasteiger partial charge in [0, 0.05) is 16.3 Å². The molecule has 17 heavy (non-hydrogen) atoms. The van der Waals surface area contributed by atoms with Crippen molar-refractivity contribution < 1.29 is 4.74 Å². The third kappa shape index (κ3) is 1.75. The minimum absolute atomic E-state index is 0.198. The fourth-order valence-electron chi connectivity index (χ4n) is 2.23. The molecule has 3 rings (SSSR count). The zero-order valence-electron chi connectivity index (χ0n) is 9.41. The van der Waals surface area contributed by atoms with Crippen LogP contribution in [0.1, 0.15) is 0 Å². The summed E-state index contributed by atoms with van der Waals surface area (Å²) in [4.78, 5) is 0. The van der Waals surface area contributed by atoms with Gasteiger partial charge in [-0.2, -0.15) is 0 Å². The third-order valence-electron chi connectivity index (χ3n) is 3.04. The Bertz CT molecular complexity index is 557. The quantitative estimate of drug-likeness (QED) is 0.880. The van der Waals surface area contributed by atoms with Crippen LogP contribution in [0.5, 0.6) is 0 Å². The van der Waals surface area contributed by atoms with Crippen molar-refractivity contribution in [3.63, 3.8) is 0 Å². The standard InChI is InChI=1S/C14H12ClNO/c1-17-13-7-9-5-6-12(13)14(9)16-11-4-2-3-10(15)8-11/h2-8,14,16H,1H3. The number of ether oxygens (including phenoxy) is 1. The highest BCUT2D eigenvalue weighted by Gasteiger charge is 2.30. The van der Waals surface area contributed by atoms with Crippen LogP contribution >= 0.6 is 11.6 Å². The maximum absolute atomic E-state index is 5.97. The Kier molecular flexibility index (Phi) is 2.45. The second-order valence-corrected chi connectivity index (χ2v) is 4.53. The Morgan fingerprint density at radius 3 is 2.88 bits per heavy atom. The smallest absolute Gasteiger partial charge is 0.124 e. The van der Waals surface area contributed by atoms with Crippen molar-refractivity contribution in [2.45, 2.75) is 6.04 Å². The molecule has 1 aromatic rings. The lowest BCUT2D eigenvalue weighted by atomic mass is 10.1. The maximum atomic E-state index is 5.97. The van der Waals surface area contributed by atoms with E-state index in [1.165, 1.54) is 11.1 Å². The van der Waals surface area contributed by atoms with Gasteiger partial charge >= 0.3 is 0 Å². The Morgan fingerprint density at radius 2 is 2.18 bits per heavy atom. The van der Waals surface area contributed by atoms with E-state index in [1.54, 1.807) is 7.11 Å². The van der Waals surface area contributed by atoms with Gasteiger partial charge in [-0.25, -0.2) is 0 Å². The van der Waals surface area contributed by atoms with E-state index in [1.807, 2.05) is 24.3 Å². The molecule has 0 aliphatic heterocycles. The Hall–Kier alpha value is -1.67. The Morgan fingerprint density at radius 1 is 1.29 bits per heavy atom. The molecule has 0 amide bonds. The van der Waals surface area contributed by atoms with Gasteiger partial charge in [0.15, 0.2) is 0 Å². The molecule has 0 heterocycles. The fourth-order valence-corrected chi connectivity index (χ4v) is 2.42. The summed E-state index contributed by atoms with van der Waals surface area (Å²) < 4.78 is 5.32. The predicted molar refractivity (Wildman–Crippen MR) is 70.1 cm³/mol. The Labute approximate surface area is 105 Å². The third-order valence-corrected chi connectivity index (χ3v) is 3.27. The number of allylic oxidation sites excluding steroid dienone is 1. The summed E-state index contributed by atoms with van der Waals surface area (Å²) in [5.74, 6) is 0.946. The first-order valence-corrected chi connectivity index (χ1v) is 5.85. The highest BCUT2D eigenvalue weighted by molar-refractivity contribution is 6.30. The number of benzene rings is 1. The molecule has 3 heteroatoms. The Balaban J connectivity index is 1.86. The molecule has 1 unspecified atom stereocenters. The monoisotopic (exact) mass is 245 g/mol. The lowest BCUT2D eigenvalue weighted by molar-refractivity contribution is 0.304. The average molecular weight is 246 g/mol. The van der Waals surface area contributed by atoms with Crippen molar-refractivity contribution >= 4 is 17.3 Å². The zero-order chi connectivity index (χ0) is 11.8. The number of methoxy groups -OCH3 is 1. The van der Waals surface area contributed by atoms with Gasteiger partial charge in [-0.15, -0.1) is 0 Å². The summed E-state index contributed by atoms with van der Waals surface area (Å²) in [6, 6.07) is 7.94. The number of fused-ring (bicyclic) bond motifs is 2. The van der Waals surface area contributed by atoms with Crippen LogP contribution < -0.4 is 5.32 Å². The minimum atomic E-state index is 0.198. The number of hydrogen-bond donors (Lipinski definition) is 1. The topological polar surface area (TPSA) is 21.3 Å². The van der Waals surface area contributed by atoms with Crippen LogP contribution in [0.4, 0.5) is 5.69 Å². The molecule has 2 bridgehead atoms. The molecular formula is C14H12ClNO. The van der Waals surface area contributed by atoms with E-state index >= 15 is 0 Å². The van der Waals surface area contributed by atoms with Crippen LogP contribution in [-0.2, 0) is 4.74 Å². The summed E-state index contributed by atoms with van der Waals surface area (Å²) in [6.45, 7) is 0. The van der Waals surface area contributed by atoms with Crippen molar-refractivity contribution in [1.82, 2.24) is 0 Å². The number of rotatable bonds is 3. The van der Waals surface area contributed by atoms with Crippen molar-refractivity contribution in [3.05, 3.63) is 64.4 Å². The molecule has 1 atom stereocenters. The second kappa shape index (κ2) is 3.97. The highest BCUT2D eigenvalue weighted by atomic mass is 35.5. The molecular weight excluding hydrogens is 234 g/mol. The molecule has 86 valence electrons. The summed E-state index contributed by atoms with van der Waals surface area (Å²) in [5.41, 5.74) is 3.44. The molecule has 1 aromatic carbocycles. The van der Waals surface area contributed by atoms with Gasteiger partial charge in [0.1, 0.15) is 5.76 Å². The molecule has 0 spiro atoms. The van der Waals surface area contributed by atoms with Gasteiger partial charge in [0.25, 0.3) is 0 Å². The first-order chi connectivity index (χ1) is 8.28. The fraction of sp³-hybridized carbons (Fsp3) is 0.143. The summed E-state index contributed by atoms with van der Waals surface area (Å²) in [6.07, 6.45) is 6.27. The predicted octanol–water partition coefficient (Wildman–Crippen LogP) is 3.53. The first-order valence-electron chi connectivity index (χ1n) is 5.48. The molecule has 0 radical (unpaired) electrons. The van der Waals surface area contributed by atoms with E-state index in [2.05, 4.69) is 23.5 Å². The molecule has 2 nitrogen and oxygen atoms in total. The normalized spacial score (nSPS) is 20.8. The zero-order valence-corrected chi connectivity index (χ0v) is 10.2. The van der Waals surface area contributed by atoms with E-state index in [4.69, 9.17) is 16.3 Å². The lowest BCUT2D eigenvalue weighted by Gasteiger charge is -2.15. The van der Waals surface area contributed by atoms with Crippen LogP contribution in [0.15, 0.2) is 59.4 Å². The molecule has 1 N–H and O–H groups in total.